The lowest BCUT2D eigenvalue weighted by atomic mass is 9.89. The van der Waals surface area contributed by atoms with E-state index < -0.39 is 35.3 Å². The van der Waals surface area contributed by atoms with Gasteiger partial charge in [0, 0.05) is 24.1 Å². The molecular weight excluding hydrogens is 286 g/mol. The maximum atomic E-state index is 13.7. The van der Waals surface area contributed by atoms with Gasteiger partial charge in [0.05, 0.1) is 6.10 Å². The lowest BCUT2D eigenvalue weighted by Crippen LogP contribution is -2.21. The summed E-state index contributed by atoms with van der Waals surface area (Å²) in [7, 11) is 0. The number of hydrogen-bond donors (Lipinski definition) is 2. The molecule has 0 saturated carbocycles. The van der Waals surface area contributed by atoms with E-state index in [9.17, 15) is 22.7 Å². The lowest BCUT2D eigenvalue weighted by molar-refractivity contribution is 0.142. The third kappa shape index (κ3) is 3.22. The maximum absolute atomic E-state index is 13.7. The van der Waals surface area contributed by atoms with Crippen LogP contribution in [0.4, 0.5) is 17.6 Å². The van der Waals surface area contributed by atoms with E-state index in [1.165, 1.54) is 12.1 Å². The van der Waals surface area contributed by atoms with Gasteiger partial charge in [-0.25, -0.2) is 17.6 Å². The molecule has 0 aliphatic heterocycles. The SMILES string of the molecule is NCC(c1cc(F)cc(F)c1)C(O)c1cccc(F)c1F. The van der Waals surface area contributed by atoms with Gasteiger partial charge in [-0.1, -0.05) is 12.1 Å². The predicted octanol–water partition coefficient (Wildman–Crippen LogP) is 3.02. The summed E-state index contributed by atoms with van der Waals surface area (Å²) >= 11 is 0. The number of rotatable bonds is 4. The second-order valence-electron chi connectivity index (χ2n) is 4.63. The van der Waals surface area contributed by atoms with Crippen LogP contribution in [0.5, 0.6) is 0 Å². The summed E-state index contributed by atoms with van der Waals surface area (Å²) in [5, 5.41) is 10.2. The molecule has 2 rings (SSSR count). The largest absolute Gasteiger partial charge is 0.388 e. The topological polar surface area (TPSA) is 46.2 Å². The first-order valence-electron chi connectivity index (χ1n) is 6.22. The summed E-state index contributed by atoms with van der Waals surface area (Å²) in [6, 6.07) is 6.01. The molecule has 0 heterocycles. The first-order chi connectivity index (χ1) is 9.93. The molecule has 0 radical (unpaired) electrons. The van der Waals surface area contributed by atoms with Gasteiger partial charge < -0.3 is 10.8 Å². The van der Waals surface area contributed by atoms with Gasteiger partial charge in [0.1, 0.15) is 11.6 Å². The summed E-state index contributed by atoms with van der Waals surface area (Å²) in [6.45, 7) is -0.194. The van der Waals surface area contributed by atoms with Crippen LogP contribution in [-0.4, -0.2) is 11.7 Å². The van der Waals surface area contributed by atoms with Gasteiger partial charge in [0.15, 0.2) is 11.6 Å². The molecule has 2 atom stereocenters. The zero-order valence-electron chi connectivity index (χ0n) is 10.9. The first kappa shape index (κ1) is 15.5. The third-order valence-corrected chi connectivity index (χ3v) is 3.25. The van der Waals surface area contributed by atoms with E-state index in [2.05, 4.69) is 0 Å². The Labute approximate surface area is 118 Å². The van der Waals surface area contributed by atoms with Crippen LogP contribution in [0.3, 0.4) is 0 Å². The van der Waals surface area contributed by atoms with Crippen molar-refractivity contribution in [2.24, 2.45) is 5.73 Å². The Morgan fingerprint density at radius 3 is 2.19 bits per heavy atom. The van der Waals surface area contributed by atoms with Crippen molar-refractivity contribution in [3.05, 3.63) is 70.8 Å². The van der Waals surface area contributed by atoms with Crippen LogP contribution in [0.1, 0.15) is 23.1 Å². The highest BCUT2D eigenvalue weighted by Crippen LogP contribution is 2.32. The Balaban J connectivity index is 2.43. The Morgan fingerprint density at radius 2 is 1.62 bits per heavy atom. The van der Waals surface area contributed by atoms with E-state index in [4.69, 9.17) is 5.73 Å². The Kier molecular flexibility index (Phi) is 4.59. The molecule has 2 unspecified atom stereocenters. The zero-order chi connectivity index (χ0) is 15.6. The molecule has 21 heavy (non-hydrogen) atoms. The predicted molar refractivity (Wildman–Crippen MR) is 69.5 cm³/mol. The molecule has 2 nitrogen and oxygen atoms in total. The highest BCUT2D eigenvalue weighted by atomic mass is 19.2. The van der Waals surface area contributed by atoms with Crippen LogP contribution in [0.25, 0.3) is 0 Å². The normalized spacial score (nSPS) is 14.0. The van der Waals surface area contributed by atoms with Crippen molar-refractivity contribution in [3.8, 4) is 0 Å². The van der Waals surface area contributed by atoms with Gasteiger partial charge >= 0.3 is 0 Å². The summed E-state index contributed by atoms with van der Waals surface area (Å²) in [5.41, 5.74) is 5.28. The number of aliphatic hydroxyl groups is 1. The highest BCUT2D eigenvalue weighted by Gasteiger charge is 2.26. The van der Waals surface area contributed by atoms with Crippen LogP contribution < -0.4 is 5.73 Å². The standard InChI is InChI=1S/C15H13F4NO/c16-9-4-8(5-10(17)6-9)12(7-20)15(21)11-2-1-3-13(18)14(11)19/h1-6,12,15,21H,7,20H2. The molecule has 0 fully saturated rings. The zero-order valence-corrected chi connectivity index (χ0v) is 10.9. The van der Waals surface area contributed by atoms with E-state index in [0.29, 0.717) is 6.07 Å². The van der Waals surface area contributed by atoms with Crippen LogP contribution in [0.2, 0.25) is 0 Å². The van der Waals surface area contributed by atoms with Crippen molar-refractivity contribution in [2.45, 2.75) is 12.0 Å². The van der Waals surface area contributed by atoms with Gasteiger partial charge in [-0.05, 0) is 23.8 Å². The minimum atomic E-state index is -1.52. The van der Waals surface area contributed by atoms with Crippen LogP contribution in [0, 0.1) is 23.3 Å². The average molecular weight is 299 g/mol. The lowest BCUT2D eigenvalue weighted by Gasteiger charge is -2.23. The molecule has 0 aliphatic carbocycles. The summed E-state index contributed by atoms with van der Waals surface area (Å²) in [5.74, 6) is -4.97. The van der Waals surface area contributed by atoms with Crippen molar-refractivity contribution < 1.29 is 22.7 Å². The summed E-state index contributed by atoms with van der Waals surface area (Å²) in [4.78, 5) is 0. The number of hydrogen-bond acceptors (Lipinski definition) is 2. The molecule has 0 aromatic heterocycles. The van der Waals surface area contributed by atoms with Gasteiger partial charge in [0.25, 0.3) is 0 Å². The smallest absolute Gasteiger partial charge is 0.164 e. The fraction of sp³-hybridized carbons (Fsp3) is 0.200. The third-order valence-electron chi connectivity index (χ3n) is 3.25. The van der Waals surface area contributed by atoms with Crippen LogP contribution in [-0.2, 0) is 0 Å². The average Bonchev–Trinajstić information content (AvgIpc) is 2.41. The monoisotopic (exact) mass is 299 g/mol. The van der Waals surface area contributed by atoms with E-state index in [0.717, 1.165) is 18.2 Å². The van der Waals surface area contributed by atoms with Gasteiger partial charge in [-0.15, -0.1) is 0 Å². The molecule has 112 valence electrons. The molecule has 2 aromatic rings. The fourth-order valence-electron chi connectivity index (χ4n) is 2.20. The fourth-order valence-corrected chi connectivity index (χ4v) is 2.20. The van der Waals surface area contributed by atoms with Crippen molar-refractivity contribution in [1.82, 2.24) is 0 Å². The summed E-state index contributed by atoms with van der Waals surface area (Å²) < 4.78 is 53.4. The molecule has 0 amide bonds. The minimum absolute atomic E-state index is 0.0751. The van der Waals surface area contributed by atoms with Gasteiger partial charge in [0.2, 0.25) is 0 Å². The van der Waals surface area contributed by atoms with Crippen molar-refractivity contribution in [3.63, 3.8) is 0 Å². The molecule has 6 heteroatoms. The number of aliphatic hydroxyl groups excluding tert-OH is 1. The van der Waals surface area contributed by atoms with Crippen molar-refractivity contribution in [1.29, 1.82) is 0 Å². The minimum Gasteiger partial charge on any atom is -0.388 e. The first-order valence-corrected chi connectivity index (χ1v) is 6.22. The van der Waals surface area contributed by atoms with Crippen molar-refractivity contribution in [2.75, 3.05) is 6.54 Å². The van der Waals surface area contributed by atoms with Crippen molar-refractivity contribution >= 4 is 0 Å². The molecule has 0 saturated heterocycles. The van der Waals surface area contributed by atoms with Crippen LogP contribution in [0.15, 0.2) is 36.4 Å². The second kappa shape index (κ2) is 6.24. The van der Waals surface area contributed by atoms with Crippen LogP contribution >= 0.6 is 0 Å². The quantitative estimate of drug-likeness (QED) is 0.853. The molecule has 2 aromatic carbocycles. The number of benzene rings is 2. The molecule has 3 N–H and O–H groups in total. The number of halogens is 4. The Bertz CT molecular complexity index is 627. The van der Waals surface area contributed by atoms with E-state index >= 15 is 0 Å². The Hall–Kier alpha value is -1.92. The maximum Gasteiger partial charge on any atom is 0.164 e. The summed E-state index contributed by atoms with van der Waals surface area (Å²) in [6.07, 6.45) is -1.52. The molecular formula is C15H13F4NO. The van der Waals surface area contributed by atoms with Gasteiger partial charge in [-0.3, -0.25) is 0 Å². The molecule has 0 aliphatic rings. The van der Waals surface area contributed by atoms with E-state index in [-0.39, 0.29) is 17.7 Å². The second-order valence-corrected chi connectivity index (χ2v) is 4.63. The Morgan fingerprint density at radius 1 is 1.00 bits per heavy atom. The van der Waals surface area contributed by atoms with Gasteiger partial charge in [-0.2, -0.15) is 0 Å². The molecule has 0 spiro atoms. The number of nitrogens with two attached hydrogens (primary N) is 1. The molecule has 0 bridgehead atoms. The highest BCUT2D eigenvalue weighted by molar-refractivity contribution is 5.29. The van der Waals surface area contributed by atoms with E-state index in [1.807, 2.05) is 0 Å². The van der Waals surface area contributed by atoms with E-state index in [1.54, 1.807) is 0 Å².